The SMILES string of the molecule is O=C(c1ccc(Cl)cc1O)N1CCCC(CCBr)C1. The normalized spacial score (nSPS) is 19.5. The fourth-order valence-electron chi connectivity index (χ4n) is 2.50. The molecule has 0 radical (unpaired) electrons. The van der Waals surface area contributed by atoms with E-state index in [1.807, 2.05) is 4.90 Å². The van der Waals surface area contributed by atoms with E-state index in [1.54, 1.807) is 12.1 Å². The first kappa shape index (κ1) is 14.7. The van der Waals surface area contributed by atoms with Gasteiger partial charge < -0.3 is 10.0 Å². The summed E-state index contributed by atoms with van der Waals surface area (Å²) in [6.07, 6.45) is 3.27. The molecule has 0 bridgehead atoms. The fraction of sp³-hybridized carbons (Fsp3) is 0.500. The lowest BCUT2D eigenvalue weighted by molar-refractivity contribution is 0.0669. The van der Waals surface area contributed by atoms with E-state index in [2.05, 4.69) is 15.9 Å². The molecular formula is C14H17BrClNO2. The average molecular weight is 347 g/mol. The zero-order valence-electron chi connectivity index (χ0n) is 10.6. The molecule has 0 saturated carbocycles. The lowest BCUT2D eigenvalue weighted by Crippen LogP contribution is -2.40. The van der Waals surface area contributed by atoms with Crippen molar-refractivity contribution in [3.05, 3.63) is 28.8 Å². The van der Waals surface area contributed by atoms with Crippen molar-refractivity contribution >= 4 is 33.4 Å². The van der Waals surface area contributed by atoms with Crippen LogP contribution in [0.15, 0.2) is 18.2 Å². The third kappa shape index (κ3) is 3.63. The molecule has 1 N–H and O–H groups in total. The summed E-state index contributed by atoms with van der Waals surface area (Å²) in [5, 5.41) is 11.2. The highest BCUT2D eigenvalue weighted by Crippen LogP contribution is 2.26. The minimum absolute atomic E-state index is 0.0416. The molecule has 1 aromatic carbocycles. The zero-order valence-corrected chi connectivity index (χ0v) is 13.0. The number of carbonyl (C=O) groups excluding carboxylic acids is 1. The van der Waals surface area contributed by atoms with E-state index in [9.17, 15) is 9.90 Å². The summed E-state index contributed by atoms with van der Waals surface area (Å²) in [4.78, 5) is 14.2. The molecular weight excluding hydrogens is 330 g/mol. The van der Waals surface area contributed by atoms with Crippen molar-refractivity contribution < 1.29 is 9.90 Å². The quantitative estimate of drug-likeness (QED) is 0.848. The number of phenols is 1. The van der Waals surface area contributed by atoms with Gasteiger partial charge in [-0.05, 0) is 43.4 Å². The highest BCUT2D eigenvalue weighted by atomic mass is 79.9. The molecule has 0 aliphatic carbocycles. The Morgan fingerprint density at radius 1 is 1.53 bits per heavy atom. The smallest absolute Gasteiger partial charge is 0.257 e. The van der Waals surface area contributed by atoms with Crippen LogP contribution in [0.25, 0.3) is 0 Å². The van der Waals surface area contributed by atoms with Crippen molar-refractivity contribution in [3.63, 3.8) is 0 Å². The Morgan fingerprint density at radius 3 is 3.00 bits per heavy atom. The minimum Gasteiger partial charge on any atom is -0.507 e. The van der Waals surface area contributed by atoms with E-state index in [0.717, 1.165) is 31.3 Å². The Labute approximate surface area is 126 Å². The molecule has 1 saturated heterocycles. The van der Waals surface area contributed by atoms with E-state index in [-0.39, 0.29) is 11.7 Å². The molecule has 2 rings (SSSR count). The van der Waals surface area contributed by atoms with Gasteiger partial charge in [-0.3, -0.25) is 4.79 Å². The van der Waals surface area contributed by atoms with Gasteiger partial charge in [0.25, 0.3) is 5.91 Å². The monoisotopic (exact) mass is 345 g/mol. The Bertz CT molecular complexity index is 465. The lowest BCUT2D eigenvalue weighted by Gasteiger charge is -2.32. The van der Waals surface area contributed by atoms with Crippen molar-refractivity contribution in [2.75, 3.05) is 18.4 Å². The van der Waals surface area contributed by atoms with Gasteiger partial charge in [-0.1, -0.05) is 27.5 Å². The maximum atomic E-state index is 12.4. The van der Waals surface area contributed by atoms with Gasteiger partial charge in [0.15, 0.2) is 0 Å². The van der Waals surface area contributed by atoms with Gasteiger partial charge in [0.2, 0.25) is 0 Å². The number of hydrogen-bond acceptors (Lipinski definition) is 2. The highest BCUT2D eigenvalue weighted by Gasteiger charge is 2.25. The number of aromatic hydroxyl groups is 1. The summed E-state index contributed by atoms with van der Waals surface area (Å²) in [5.74, 6) is 0.403. The van der Waals surface area contributed by atoms with Crippen LogP contribution in [0.5, 0.6) is 5.75 Å². The molecule has 3 nitrogen and oxygen atoms in total. The number of phenolic OH excluding ortho intramolecular Hbond substituents is 1. The van der Waals surface area contributed by atoms with Crippen molar-refractivity contribution in [2.24, 2.45) is 5.92 Å². The van der Waals surface area contributed by atoms with Crippen LogP contribution in [0.3, 0.4) is 0 Å². The number of rotatable bonds is 3. The Balaban J connectivity index is 2.10. The molecule has 1 aromatic rings. The van der Waals surface area contributed by atoms with E-state index < -0.39 is 0 Å². The molecule has 5 heteroatoms. The summed E-state index contributed by atoms with van der Waals surface area (Å²) >= 11 is 9.23. The third-order valence-electron chi connectivity index (χ3n) is 3.51. The molecule has 0 spiro atoms. The van der Waals surface area contributed by atoms with Gasteiger partial charge in [0, 0.05) is 23.4 Å². The summed E-state index contributed by atoms with van der Waals surface area (Å²) in [7, 11) is 0. The van der Waals surface area contributed by atoms with Crippen molar-refractivity contribution in [1.82, 2.24) is 4.90 Å². The fourth-order valence-corrected chi connectivity index (χ4v) is 3.31. The first-order valence-corrected chi connectivity index (χ1v) is 7.95. The summed E-state index contributed by atoms with van der Waals surface area (Å²) in [6.45, 7) is 1.53. The lowest BCUT2D eigenvalue weighted by atomic mass is 9.95. The van der Waals surface area contributed by atoms with Gasteiger partial charge in [-0.15, -0.1) is 0 Å². The van der Waals surface area contributed by atoms with Crippen molar-refractivity contribution in [1.29, 1.82) is 0 Å². The summed E-state index contributed by atoms with van der Waals surface area (Å²) in [5.41, 5.74) is 0.337. The molecule has 104 valence electrons. The third-order valence-corrected chi connectivity index (χ3v) is 4.21. The number of benzene rings is 1. The van der Waals surface area contributed by atoms with Gasteiger partial charge in [-0.25, -0.2) is 0 Å². The van der Waals surface area contributed by atoms with E-state index >= 15 is 0 Å². The Kier molecular flexibility index (Phi) is 5.11. The second-order valence-electron chi connectivity index (χ2n) is 4.90. The number of piperidine rings is 1. The first-order valence-electron chi connectivity index (χ1n) is 6.45. The number of nitrogens with zero attached hydrogens (tertiary/aromatic N) is 1. The molecule has 1 heterocycles. The second kappa shape index (κ2) is 6.62. The minimum atomic E-state index is -0.103. The van der Waals surface area contributed by atoms with E-state index in [4.69, 9.17) is 11.6 Å². The number of carbonyl (C=O) groups is 1. The molecule has 1 amide bonds. The Morgan fingerprint density at radius 2 is 2.32 bits per heavy atom. The number of halogens is 2. The molecule has 19 heavy (non-hydrogen) atoms. The molecule has 1 unspecified atom stereocenters. The van der Waals surface area contributed by atoms with E-state index in [1.165, 1.54) is 12.5 Å². The predicted molar refractivity (Wildman–Crippen MR) is 80.2 cm³/mol. The van der Waals surface area contributed by atoms with Gasteiger partial charge in [-0.2, -0.15) is 0 Å². The molecule has 1 aliphatic heterocycles. The first-order chi connectivity index (χ1) is 9.11. The molecule has 1 atom stereocenters. The topological polar surface area (TPSA) is 40.5 Å². The maximum Gasteiger partial charge on any atom is 0.257 e. The molecule has 0 aromatic heterocycles. The molecule has 1 fully saturated rings. The zero-order chi connectivity index (χ0) is 13.8. The number of alkyl halides is 1. The van der Waals surface area contributed by atoms with Crippen molar-refractivity contribution in [2.45, 2.75) is 19.3 Å². The van der Waals surface area contributed by atoms with Crippen LogP contribution in [-0.4, -0.2) is 34.3 Å². The average Bonchev–Trinajstić information content (AvgIpc) is 2.39. The largest absolute Gasteiger partial charge is 0.507 e. The van der Waals surface area contributed by atoms with Gasteiger partial charge in [0.1, 0.15) is 5.75 Å². The van der Waals surface area contributed by atoms with Crippen LogP contribution in [-0.2, 0) is 0 Å². The standard InChI is InChI=1S/C14H17BrClNO2/c15-6-5-10-2-1-7-17(9-10)14(19)12-4-3-11(16)8-13(12)18/h3-4,8,10,18H,1-2,5-7,9H2. The van der Waals surface area contributed by atoms with Crippen LogP contribution >= 0.6 is 27.5 Å². The molecule has 1 aliphatic rings. The van der Waals surface area contributed by atoms with Crippen LogP contribution in [0, 0.1) is 5.92 Å². The number of hydrogen-bond donors (Lipinski definition) is 1. The van der Waals surface area contributed by atoms with Gasteiger partial charge in [0.05, 0.1) is 5.56 Å². The number of amides is 1. The maximum absolute atomic E-state index is 12.4. The van der Waals surface area contributed by atoms with Crippen LogP contribution in [0.4, 0.5) is 0 Å². The van der Waals surface area contributed by atoms with Crippen LogP contribution < -0.4 is 0 Å². The highest BCUT2D eigenvalue weighted by molar-refractivity contribution is 9.09. The predicted octanol–water partition coefficient (Wildman–Crippen LogP) is 3.68. The van der Waals surface area contributed by atoms with Crippen LogP contribution in [0.2, 0.25) is 5.02 Å². The summed E-state index contributed by atoms with van der Waals surface area (Å²) < 4.78 is 0. The van der Waals surface area contributed by atoms with Gasteiger partial charge >= 0.3 is 0 Å². The second-order valence-corrected chi connectivity index (χ2v) is 6.13. The van der Waals surface area contributed by atoms with Crippen LogP contribution in [0.1, 0.15) is 29.6 Å². The Hall–Kier alpha value is -0.740. The number of likely N-dealkylation sites (tertiary alicyclic amines) is 1. The summed E-state index contributed by atoms with van der Waals surface area (Å²) in [6, 6.07) is 4.64. The van der Waals surface area contributed by atoms with E-state index in [0.29, 0.717) is 16.5 Å². The van der Waals surface area contributed by atoms with Crippen molar-refractivity contribution in [3.8, 4) is 5.75 Å².